The number of hydrogen-bond donors (Lipinski definition) is 0. The molecule has 0 aliphatic rings. The van der Waals surface area contributed by atoms with Gasteiger partial charge in [-0.15, -0.1) is 0 Å². The van der Waals surface area contributed by atoms with Crippen LogP contribution in [0.5, 0.6) is 0 Å². The fourth-order valence-electron chi connectivity index (χ4n) is 0. The molecule has 0 aliphatic heterocycles. The average Bonchev–Trinajstić information content (AvgIpc) is 0.918. The van der Waals surface area contributed by atoms with Gasteiger partial charge < -0.3 is 0 Å². The third-order valence-corrected chi connectivity index (χ3v) is 0. The van der Waals surface area contributed by atoms with Gasteiger partial charge in [-0.2, -0.15) is 0 Å². The van der Waals surface area contributed by atoms with Crippen molar-refractivity contribution in [2.45, 2.75) is 0 Å². The molecule has 0 saturated heterocycles. The molecular formula is CHMnNNa. The van der Waals surface area contributed by atoms with Crippen LogP contribution in [0.4, 0.5) is 0 Å². The molecule has 0 aliphatic carbocycles. The van der Waals surface area contributed by atoms with Gasteiger partial charge in [0.05, 0.1) is 0 Å². The third kappa shape index (κ3) is 11.9. The summed E-state index contributed by atoms with van der Waals surface area (Å²) in [6.07, 6.45) is 0. The first kappa shape index (κ1) is 8.89. The van der Waals surface area contributed by atoms with Crippen LogP contribution in [0.25, 0.3) is 0 Å². The van der Waals surface area contributed by atoms with Crippen LogP contribution in [0.3, 0.4) is 0 Å². The van der Waals surface area contributed by atoms with Crippen LogP contribution in [0.2, 0.25) is 0 Å². The van der Waals surface area contributed by atoms with Crippen LogP contribution in [0, 0.1) is 10.2 Å². The fraction of sp³-hybridized carbons (Fsp3) is 0. The van der Waals surface area contributed by atoms with Gasteiger partial charge >= 0.3 is 55.8 Å². The molecule has 18 valence electrons. The van der Waals surface area contributed by atoms with Gasteiger partial charge in [0.2, 0.25) is 0 Å². The second-order valence-corrected chi connectivity index (χ2v) is 0.348. The molecule has 0 aromatic heterocycles. The molecular weight excluding hydrogens is 104 g/mol. The predicted molar refractivity (Wildman–Crippen MR) is 12.8 cm³/mol. The summed E-state index contributed by atoms with van der Waals surface area (Å²) >= 11 is 2.45. The molecule has 3 heteroatoms. The van der Waals surface area contributed by atoms with E-state index in [1.807, 2.05) is 0 Å². The Morgan fingerprint density at radius 3 is 1.75 bits per heavy atom. The molecule has 0 radical (unpaired) electrons. The van der Waals surface area contributed by atoms with Crippen molar-refractivity contribution in [2.24, 2.45) is 0 Å². The van der Waals surface area contributed by atoms with E-state index in [-0.39, 0.29) is 29.6 Å². The molecule has 1 nitrogen and oxygen atoms in total. The van der Waals surface area contributed by atoms with Crippen molar-refractivity contribution < 1.29 is 16.0 Å². The SMILES string of the molecule is N#[C][Mn].[NaH]. The van der Waals surface area contributed by atoms with Crippen molar-refractivity contribution in [1.29, 1.82) is 5.26 Å². The van der Waals surface area contributed by atoms with Crippen molar-refractivity contribution in [2.75, 3.05) is 0 Å². The van der Waals surface area contributed by atoms with Crippen LogP contribution in [-0.4, -0.2) is 29.6 Å². The van der Waals surface area contributed by atoms with E-state index < -0.39 is 0 Å². The zero-order chi connectivity index (χ0) is 2.71. The van der Waals surface area contributed by atoms with E-state index in [2.05, 4.69) is 16.0 Å². The van der Waals surface area contributed by atoms with E-state index in [0.29, 0.717) is 0 Å². The molecule has 0 spiro atoms. The van der Waals surface area contributed by atoms with Crippen LogP contribution in [-0.2, 0) is 16.0 Å². The van der Waals surface area contributed by atoms with Crippen molar-refractivity contribution in [3.63, 3.8) is 0 Å². The summed E-state index contributed by atoms with van der Waals surface area (Å²) in [6.45, 7) is 0. The van der Waals surface area contributed by atoms with E-state index in [0.717, 1.165) is 0 Å². The Kier molecular flexibility index (Phi) is 20.0. The normalized spacial score (nSPS) is 2.00. The standard InChI is InChI=1S/CN.Mn.Na.H/c1-2;;;. The van der Waals surface area contributed by atoms with Gasteiger partial charge in [0.1, 0.15) is 0 Å². The summed E-state index contributed by atoms with van der Waals surface area (Å²) in [5.41, 5.74) is 0. The molecule has 0 heterocycles. The Labute approximate surface area is 55.5 Å². The molecule has 0 rings (SSSR count). The zero-order valence-electron chi connectivity index (χ0n) is 1.33. The van der Waals surface area contributed by atoms with Crippen molar-refractivity contribution in [3.8, 4) is 4.97 Å². The maximum atomic E-state index is 7.24. The first-order valence-corrected chi connectivity index (χ1v) is 1.00. The Morgan fingerprint density at radius 2 is 1.75 bits per heavy atom. The molecule has 4 heavy (non-hydrogen) atoms. The summed E-state index contributed by atoms with van der Waals surface area (Å²) in [6, 6.07) is 0. The number of nitrogens with zero attached hydrogens (tertiary/aromatic N) is 1. The van der Waals surface area contributed by atoms with E-state index in [9.17, 15) is 0 Å². The second-order valence-electron chi connectivity index (χ2n) is 0.0845. The minimum atomic E-state index is 0. The zero-order valence-corrected chi connectivity index (χ0v) is 2.51. The summed E-state index contributed by atoms with van der Waals surface area (Å²) in [7, 11) is 0. The Bertz CT molecular complexity index is 29.5. The average molecular weight is 105 g/mol. The predicted octanol–water partition coefficient (Wildman–Crippen LogP) is -0.634. The molecule has 0 fully saturated rings. The van der Waals surface area contributed by atoms with Crippen LogP contribution >= 0.6 is 0 Å². The van der Waals surface area contributed by atoms with Gasteiger partial charge in [-0.3, -0.25) is 0 Å². The molecule has 0 aromatic carbocycles. The van der Waals surface area contributed by atoms with Crippen LogP contribution in [0.1, 0.15) is 0 Å². The summed E-state index contributed by atoms with van der Waals surface area (Å²) < 4.78 is 0. The number of nitriles is 1. The summed E-state index contributed by atoms with van der Waals surface area (Å²) in [5, 5.41) is 7.24. The van der Waals surface area contributed by atoms with Crippen molar-refractivity contribution >= 4 is 29.6 Å². The van der Waals surface area contributed by atoms with Gasteiger partial charge in [0, 0.05) is 0 Å². The van der Waals surface area contributed by atoms with E-state index in [4.69, 9.17) is 5.26 Å². The monoisotopic (exact) mass is 105 g/mol. The first-order chi connectivity index (χ1) is 1.41. The van der Waals surface area contributed by atoms with Gasteiger partial charge in [0.15, 0.2) is 0 Å². The van der Waals surface area contributed by atoms with Gasteiger partial charge in [-0.1, -0.05) is 0 Å². The van der Waals surface area contributed by atoms with Crippen LogP contribution in [0.15, 0.2) is 0 Å². The molecule has 0 saturated carbocycles. The molecule has 0 amide bonds. The Hall–Kier alpha value is 1.01. The summed E-state index contributed by atoms with van der Waals surface area (Å²) in [4.78, 5) is 1.56. The quantitative estimate of drug-likeness (QED) is 0.376. The minimum absolute atomic E-state index is 0. The van der Waals surface area contributed by atoms with E-state index >= 15 is 0 Å². The third-order valence-electron chi connectivity index (χ3n) is 0. The van der Waals surface area contributed by atoms with Gasteiger partial charge in [-0.05, 0) is 0 Å². The Morgan fingerprint density at radius 1 is 1.75 bits per heavy atom. The van der Waals surface area contributed by atoms with Gasteiger partial charge in [0.25, 0.3) is 0 Å². The fourth-order valence-corrected chi connectivity index (χ4v) is 0. The first-order valence-electron chi connectivity index (χ1n) is 0.413. The van der Waals surface area contributed by atoms with Crippen LogP contribution < -0.4 is 0 Å². The number of hydrogen-bond acceptors (Lipinski definition) is 1. The topological polar surface area (TPSA) is 23.8 Å². The van der Waals surface area contributed by atoms with Crippen molar-refractivity contribution in [3.05, 3.63) is 0 Å². The van der Waals surface area contributed by atoms with E-state index in [1.165, 1.54) is 0 Å². The second kappa shape index (κ2) is 8.99. The number of rotatable bonds is 0. The summed E-state index contributed by atoms with van der Waals surface area (Å²) in [5.74, 6) is 0. The van der Waals surface area contributed by atoms with Crippen molar-refractivity contribution in [1.82, 2.24) is 0 Å². The molecule has 0 N–H and O–H groups in total. The maximum absolute atomic E-state index is 7.24. The molecule has 0 atom stereocenters. The molecule has 0 unspecified atom stereocenters. The van der Waals surface area contributed by atoms with Gasteiger partial charge in [-0.25, -0.2) is 0 Å². The Balaban J connectivity index is 0. The van der Waals surface area contributed by atoms with E-state index in [1.54, 1.807) is 4.97 Å². The molecule has 0 bridgehead atoms. The molecule has 0 aromatic rings.